The quantitative estimate of drug-likeness (QED) is 0.315. The third-order valence-corrected chi connectivity index (χ3v) is 6.09. The third-order valence-electron chi connectivity index (χ3n) is 6.09. The summed E-state index contributed by atoms with van der Waals surface area (Å²) < 4.78 is 23.9. The molecule has 0 N–H and O–H groups in total. The maximum atomic E-state index is 13.8. The molecule has 0 radical (unpaired) electrons. The molecule has 5 aromatic rings. The minimum absolute atomic E-state index is 0.0246. The second kappa shape index (κ2) is 9.58. The lowest BCUT2D eigenvalue weighted by atomic mass is 10.1. The topological polar surface area (TPSA) is 92.8 Å². The van der Waals surface area contributed by atoms with Gasteiger partial charge in [-0.3, -0.25) is 14.2 Å². The van der Waals surface area contributed by atoms with Gasteiger partial charge >= 0.3 is 0 Å². The second-order valence-corrected chi connectivity index (χ2v) is 8.15. The molecule has 8 heteroatoms. The molecule has 3 aromatic carbocycles. The van der Waals surface area contributed by atoms with Crippen LogP contribution < -0.4 is 25.2 Å². The van der Waals surface area contributed by atoms with Crippen LogP contribution in [0.1, 0.15) is 5.56 Å². The fourth-order valence-corrected chi connectivity index (χ4v) is 4.31. The van der Waals surface area contributed by atoms with E-state index in [0.29, 0.717) is 52.6 Å². The molecule has 0 spiro atoms. The molecule has 8 nitrogen and oxygen atoms in total. The zero-order valence-electron chi connectivity index (χ0n) is 20.1. The number of benzene rings is 3. The van der Waals surface area contributed by atoms with Crippen LogP contribution in [-0.4, -0.2) is 30.9 Å². The van der Waals surface area contributed by atoms with Crippen molar-refractivity contribution in [3.63, 3.8) is 0 Å². The van der Waals surface area contributed by atoms with Crippen LogP contribution >= 0.6 is 0 Å². The van der Waals surface area contributed by atoms with Gasteiger partial charge in [0.15, 0.2) is 16.9 Å². The number of ether oxygens (including phenoxy) is 3. The predicted octanol–water partition coefficient (Wildman–Crippen LogP) is 4.44. The molecule has 2 aromatic heterocycles. The second-order valence-electron chi connectivity index (χ2n) is 8.15. The summed E-state index contributed by atoms with van der Waals surface area (Å²) in [5, 5.41) is 0.247. The number of para-hydroxylation sites is 1. The van der Waals surface area contributed by atoms with Crippen LogP contribution in [0.3, 0.4) is 0 Å². The number of aryl methyl sites for hydroxylation is 1. The highest BCUT2D eigenvalue weighted by atomic mass is 16.5. The molecule has 5 rings (SSSR count). The van der Waals surface area contributed by atoms with Crippen LogP contribution in [0.5, 0.6) is 17.2 Å². The lowest BCUT2D eigenvalue weighted by Gasteiger charge is -2.17. The minimum Gasteiger partial charge on any atom is -0.493 e. The Morgan fingerprint density at radius 1 is 0.861 bits per heavy atom. The van der Waals surface area contributed by atoms with Gasteiger partial charge in [-0.15, -0.1) is 0 Å². The zero-order chi connectivity index (χ0) is 25.2. The van der Waals surface area contributed by atoms with E-state index in [-0.39, 0.29) is 11.1 Å². The Bertz CT molecular complexity index is 1660. The molecule has 0 saturated heterocycles. The van der Waals surface area contributed by atoms with Crippen molar-refractivity contribution in [2.45, 2.75) is 13.0 Å². The first-order chi connectivity index (χ1) is 17.5. The lowest BCUT2D eigenvalue weighted by Crippen LogP contribution is -2.28. The van der Waals surface area contributed by atoms with Crippen molar-refractivity contribution in [3.8, 4) is 28.6 Å². The van der Waals surface area contributed by atoms with E-state index in [0.717, 1.165) is 5.56 Å². The van der Waals surface area contributed by atoms with Crippen molar-refractivity contribution in [2.75, 3.05) is 21.3 Å². The van der Waals surface area contributed by atoms with Crippen LogP contribution in [-0.2, 0) is 13.0 Å². The Morgan fingerprint density at radius 2 is 1.53 bits per heavy atom. The van der Waals surface area contributed by atoms with Crippen LogP contribution in [0.2, 0.25) is 0 Å². The van der Waals surface area contributed by atoms with E-state index in [4.69, 9.17) is 18.6 Å². The number of fused-ring (bicyclic) bond motifs is 2. The maximum absolute atomic E-state index is 13.8. The van der Waals surface area contributed by atoms with Crippen LogP contribution in [0.25, 0.3) is 33.5 Å². The largest absolute Gasteiger partial charge is 0.493 e. The highest BCUT2D eigenvalue weighted by molar-refractivity contribution is 5.88. The highest BCUT2D eigenvalue weighted by Crippen LogP contribution is 2.40. The Morgan fingerprint density at radius 3 is 2.19 bits per heavy atom. The number of rotatable bonds is 7. The summed E-state index contributed by atoms with van der Waals surface area (Å²) in [5.41, 5.74) is 1.05. The van der Waals surface area contributed by atoms with Gasteiger partial charge in [-0.05, 0) is 36.2 Å². The number of hydrogen-bond donors (Lipinski definition) is 0. The Hall–Kier alpha value is -4.59. The van der Waals surface area contributed by atoms with Gasteiger partial charge < -0.3 is 18.6 Å². The van der Waals surface area contributed by atoms with Gasteiger partial charge in [-0.1, -0.05) is 42.5 Å². The maximum Gasteiger partial charge on any atom is 0.269 e. The van der Waals surface area contributed by atoms with Gasteiger partial charge in [0.05, 0.1) is 26.7 Å². The average molecular weight is 485 g/mol. The number of methoxy groups -OCH3 is 3. The van der Waals surface area contributed by atoms with Gasteiger partial charge in [0, 0.05) is 12.1 Å². The van der Waals surface area contributed by atoms with Crippen molar-refractivity contribution in [2.24, 2.45) is 0 Å². The minimum atomic E-state index is -0.473. The van der Waals surface area contributed by atoms with Crippen molar-refractivity contribution in [3.05, 3.63) is 92.9 Å². The van der Waals surface area contributed by atoms with E-state index in [1.165, 1.54) is 25.9 Å². The fourth-order valence-electron chi connectivity index (χ4n) is 4.31. The molecule has 0 atom stereocenters. The van der Waals surface area contributed by atoms with Gasteiger partial charge in [0.2, 0.25) is 16.9 Å². The van der Waals surface area contributed by atoms with E-state index in [1.54, 1.807) is 36.4 Å². The van der Waals surface area contributed by atoms with Gasteiger partial charge in [0.1, 0.15) is 11.4 Å². The summed E-state index contributed by atoms with van der Waals surface area (Å²) in [6.07, 6.45) is 0.560. The van der Waals surface area contributed by atoms with E-state index in [1.807, 2.05) is 30.3 Å². The summed E-state index contributed by atoms with van der Waals surface area (Å²) >= 11 is 0. The summed E-state index contributed by atoms with van der Waals surface area (Å²) in [6.45, 7) is 0.296. The fraction of sp³-hybridized carbons (Fsp3) is 0.179. The Kier molecular flexibility index (Phi) is 6.16. The molecule has 0 amide bonds. The smallest absolute Gasteiger partial charge is 0.269 e. The Balaban J connectivity index is 1.80. The van der Waals surface area contributed by atoms with E-state index in [2.05, 4.69) is 4.98 Å². The molecule has 2 heterocycles. The summed E-state index contributed by atoms with van der Waals surface area (Å²) in [4.78, 5) is 31.8. The van der Waals surface area contributed by atoms with E-state index in [9.17, 15) is 9.59 Å². The molecule has 0 bridgehead atoms. The van der Waals surface area contributed by atoms with Crippen molar-refractivity contribution in [1.82, 2.24) is 9.55 Å². The molecule has 0 saturated carbocycles. The average Bonchev–Trinajstić information content (AvgIpc) is 2.92. The molecule has 0 fully saturated rings. The highest BCUT2D eigenvalue weighted by Gasteiger charge is 2.22. The van der Waals surface area contributed by atoms with Gasteiger partial charge in [-0.25, -0.2) is 0 Å². The molecule has 36 heavy (non-hydrogen) atoms. The SMILES string of the molecule is COc1cc(-c2nc3oc4ccccc4c(=O)c3c(=O)n2CCc2ccccc2)cc(OC)c1OC. The number of nitrogens with zero attached hydrogens (tertiary/aromatic N) is 2. The predicted molar refractivity (Wildman–Crippen MR) is 137 cm³/mol. The molecule has 182 valence electrons. The van der Waals surface area contributed by atoms with Crippen LogP contribution in [0.4, 0.5) is 0 Å². The molecule has 0 aliphatic heterocycles. The van der Waals surface area contributed by atoms with Crippen LogP contribution in [0, 0.1) is 0 Å². The van der Waals surface area contributed by atoms with Crippen molar-refractivity contribution >= 4 is 22.1 Å². The first-order valence-corrected chi connectivity index (χ1v) is 11.4. The molecule has 0 unspecified atom stereocenters. The van der Waals surface area contributed by atoms with Crippen LogP contribution in [0.15, 0.2) is 80.7 Å². The van der Waals surface area contributed by atoms with Crippen molar-refractivity contribution in [1.29, 1.82) is 0 Å². The lowest BCUT2D eigenvalue weighted by molar-refractivity contribution is 0.324. The van der Waals surface area contributed by atoms with Crippen molar-refractivity contribution < 1.29 is 18.6 Å². The van der Waals surface area contributed by atoms with Gasteiger partial charge in [0.25, 0.3) is 5.56 Å². The zero-order valence-corrected chi connectivity index (χ0v) is 20.1. The van der Waals surface area contributed by atoms with E-state index >= 15 is 0 Å². The first-order valence-electron chi connectivity index (χ1n) is 11.4. The standard InChI is InChI=1S/C28H24N2O6/c1-33-21-15-18(16-22(34-2)25(21)35-3)26-29-27-23(24(31)19-11-7-8-12-20(19)36-27)28(32)30(26)14-13-17-9-5-4-6-10-17/h4-12,15-16H,13-14H2,1-3H3. The summed E-state index contributed by atoms with van der Waals surface area (Å²) in [6, 6.07) is 20.0. The first kappa shape index (κ1) is 23.2. The normalized spacial score (nSPS) is 11.1. The Labute approximate surface area is 206 Å². The molecular weight excluding hydrogens is 460 g/mol. The number of hydrogen-bond acceptors (Lipinski definition) is 7. The molecule has 0 aliphatic rings. The van der Waals surface area contributed by atoms with Gasteiger partial charge in [-0.2, -0.15) is 4.98 Å². The molecular formula is C28H24N2O6. The third kappa shape index (κ3) is 3.96. The monoisotopic (exact) mass is 484 g/mol. The van der Waals surface area contributed by atoms with E-state index < -0.39 is 11.0 Å². The summed E-state index contributed by atoms with van der Waals surface area (Å²) in [7, 11) is 4.55. The summed E-state index contributed by atoms with van der Waals surface area (Å²) in [5.74, 6) is 1.56. The molecule has 0 aliphatic carbocycles. The number of aromatic nitrogens is 2.